The zero-order valence-electron chi connectivity index (χ0n) is 9.68. The van der Waals surface area contributed by atoms with E-state index < -0.39 is 0 Å². The molecule has 17 heavy (non-hydrogen) atoms. The average molecular weight is 246 g/mol. The number of hydrogen-bond acceptors (Lipinski definition) is 3. The summed E-state index contributed by atoms with van der Waals surface area (Å²) in [5.41, 5.74) is 0.826. The molecule has 0 fully saturated rings. The molecule has 0 unspecified atom stereocenters. The Balaban J connectivity index is 1.84. The van der Waals surface area contributed by atoms with Crippen molar-refractivity contribution in [1.82, 2.24) is 0 Å². The van der Waals surface area contributed by atoms with E-state index in [0.717, 1.165) is 16.2 Å². The highest BCUT2D eigenvalue weighted by molar-refractivity contribution is 7.10. The largest absolute Gasteiger partial charge is 0.493 e. The normalized spacial score (nSPS) is 10.2. The monoisotopic (exact) mass is 246 g/mol. The molecule has 88 valence electrons. The van der Waals surface area contributed by atoms with Crippen LogP contribution in [0.5, 0.6) is 5.75 Å². The number of thiophene rings is 1. The summed E-state index contributed by atoms with van der Waals surface area (Å²) in [5, 5.41) is 1.95. The minimum Gasteiger partial charge on any atom is -0.493 e. The van der Waals surface area contributed by atoms with Crippen LogP contribution in [-0.4, -0.2) is 12.4 Å². The first-order valence-corrected chi connectivity index (χ1v) is 6.40. The Hall–Kier alpha value is -1.61. The Morgan fingerprint density at radius 3 is 2.65 bits per heavy atom. The highest BCUT2D eigenvalue weighted by Gasteiger charge is 2.09. The van der Waals surface area contributed by atoms with Gasteiger partial charge in [0.2, 0.25) is 0 Å². The van der Waals surface area contributed by atoms with Gasteiger partial charge in [0.25, 0.3) is 0 Å². The van der Waals surface area contributed by atoms with E-state index in [0.29, 0.717) is 13.0 Å². The molecule has 0 atom stereocenters. The van der Waals surface area contributed by atoms with Crippen LogP contribution in [0.2, 0.25) is 0 Å². The van der Waals surface area contributed by atoms with E-state index in [1.54, 1.807) is 11.3 Å². The second-order valence-corrected chi connectivity index (χ2v) is 4.85. The Labute approximate surface area is 105 Å². The quantitative estimate of drug-likeness (QED) is 0.752. The molecule has 0 spiro atoms. The SMILES string of the molecule is Cc1sccc1C(=O)CCOc1ccccc1. The molecule has 0 aliphatic rings. The summed E-state index contributed by atoms with van der Waals surface area (Å²) in [6.45, 7) is 2.40. The molecule has 0 amide bonds. The van der Waals surface area contributed by atoms with Crippen LogP contribution in [0.3, 0.4) is 0 Å². The van der Waals surface area contributed by atoms with Gasteiger partial charge < -0.3 is 4.74 Å². The van der Waals surface area contributed by atoms with Crippen LogP contribution in [0.1, 0.15) is 21.7 Å². The molecule has 1 aromatic heterocycles. The van der Waals surface area contributed by atoms with E-state index in [1.165, 1.54) is 0 Å². The molecule has 0 aliphatic heterocycles. The Morgan fingerprint density at radius 2 is 2.00 bits per heavy atom. The predicted molar refractivity (Wildman–Crippen MR) is 69.9 cm³/mol. The standard InChI is InChI=1S/C14H14O2S/c1-11-13(8-10-17-11)14(15)7-9-16-12-5-3-2-4-6-12/h2-6,8,10H,7,9H2,1H3. The lowest BCUT2D eigenvalue weighted by Gasteiger charge is -2.05. The lowest BCUT2D eigenvalue weighted by atomic mass is 10.1. The van der Waals surface area contributed by atoms with E-state index in [9.17, 15) is 4.79 Å². The van der Waals surface area contributed by atoms with Crippen molar-refractivity contribution in [2.45, 2.75) is 13.3 Å². The van der Waals surface area contributed by atoms with E-state index >= 15 is 0 Å². The summed E-state index contributed by atoms with van der Waals surface area (Å²) < 4.78 is 5.50. The van der Waals surface area contributed by atoms with Gasteiger partial charge in [-0.3, -0.25) is 4.79 Å². The van der Waals surface area contributed by atoms with Gasteiger partial charge in [-0.2, -0.15) is 0 Å². The third-order valence-corrected chi connectivity index (χ3v) is 3.35. The predicted octanol–water partition coefficient (Wildman–Crippen LogP) is 3.71. The highest BCUT2D eigenvalue weighted by Crippen LogP contribution is 2.17. The van der Waals surface area contributed by atoms with Crippen molar-refractivity contribution in [3.05, 3.63) is 52.2 Å². The van der Waals surface area contributed by atoms with Gasteiger partial charge in [0.05, 0.1) is 6.61 Å². The molecule has 0 aliphatic carbocycles. The number of ketones is 1. The first kappa shape index (κ1) is 11.9. The van der Waals surface area contributed by atoms with Gasteiger partial charge in [-0.15, -0.1) is 11.3 Å². The summed E-state index contributed by atoms with van der Waals surface area (Å²) >= 11 is 1.60. The molecule has 2 aromatic rings. The third kappa shape index (κ3) is 3.17. The summed E-state index contributed by atoms with van der Waals surface area (Å²) in [7, 11) is 0. The van der Waals surface area contributed by atoms with Crippen LogP contribution >= 0.6 is 11.3 Å². The van der Waals surface area contributed by atoms with Crippen molar-refractivity contribution in [1.29, 1.82) is 0 Å². The molecule has 0 saturated heterocycles. The van der Waals surface area contributed by atoms with Crippen molar-refractivity contribution in [2.24, 2.45) is 0 Å². The van der Waals surface area contributed by atoms with Gasteiger partial charge in [0.1, 0.15) is 5.75 Å². The Kier molecular flexibility index (Phi) is 3.94. The van der Waals surface area contributed by atoms with Crippen LogP contribution in [0, 0.1) is 6.92 Å². The van der Waals surface area contributed by atoms with Gasteiger partial charge >= 0.3 is 0 Å². The molecule has 3 heteroatoms. The zero-order chi connectivity index (χ0) is 12.1. The van der Waals surface area contributed by atoms with Crippen LogP contribution in [0.25, 0.3) is 0 Å². The fourth-order valence-corrected chi connectivity index (χ4v) is 2.30. The fourth-order valence-electron chi connectivity index (χ4n) is 1.59. The number of rotatable bonds is 5. The average Bonchev–Trinajstić information content (AvgIpc) is 2.77. The smallest absolute Gasteiger partial charge is 0.167 e. The van der Waals surface area contributed by atoms with Gasteiger partial charge in [-0.05, 0) is 30.5 Å². The number of benzene rings is 1. The molecule has 0 bridgehead atoms. The van der Waals surface area contributed by atoms with Crippen molar-refractivity contribution >= 4 is 17.1 Å². The van der Waals surface area contributed by atoms with Crippen LogP contribution in [0.4, 0.5) is 0 Å². The van der Waals surface area contributed by atoms with Gasteiger partial charge in [-0.25, -0.2) is 0 Å². The topological polar surface area (TPSA) is 26.3 Å². The minimum absolute atomic E-state index is 0.152. The number of ether oxygens (including phenoxy) is 1. The molecular weight excluding hydrogens is 232 g/mol. The summed E-state index contributed by atoms with van der Waals surface area (Å²) in [5.74, 6) is 0.960. The lowest BCUT2D eigenvalue weighted by Crippen LogP contribution is -2.06. The van der Waals surface area contributed by atoms with E-state index in [2.05, 4.69) is 0 Å². The number of aryl methyl sites for hydroxylation is 1. The summed E-state index contributed by atoms with van der Waals surface area (Å²) in [4.78, 5) is 12.9. The highest BCUT2D eigenvalue weighted by atomic mass is 32.1. The summed E-state index contributed by atoms with van der Waals surface area (Å²) in [6.07, 6.45) is 0.423. The van der Waals surface area contributed by atoms with Crippen LogP contribution in [-0.2, 0) is 0 Å². The van der Waals surface area contributed by atoms with E-state index in [4.69, 9.17) is 4.74 Å². The molecule has 2 rings (SSSR count). The second-order valence-electron chi connectivity index (χ2n) is 3.73. The molecular formula is C14H14O2S. The van der Waals surface area contributed by atoms with E-state index in [-0.39, 0.29) is 5.78 Å². The maximum atomic E-state index is 11.8. The first-order chi connectivity index (χ1) is 8.27. The van der Waals surface area contributed by atoms with Crippen molar-refractivity contribution in [3.8, 4) is 5.75 Å². The number of Topliss-reactive ketones (excluding diaryl/α,β-unsaturated/α-hetero) is 1. The molecule has 0 radical (unpaired) electrons. The fraction of sp³-hybridized carbons (Fsp3) is 0.214. The molecule has 1 aromatic carbocycles. The summed E-state index contributed by atoms with van der Waals surface area (Å²) in [6, 6.07) is 11.4. The second kappa shape index (κ2) is 5.64. The zero-order valence-corrected chi connectivity index (χ0v) is 10.5. The molecule has 0 saturated carbocycles. The van der Waals surface area contributed by atoms with Crippen molar-refractivity contribution in [3.63, 3.8) is 0 Å². The minimum atomic E-state index is 0.152. The van der Waals surface area contributed by atoms with Gasteiger partial charge in [0.15, 0.2) is 5.78 Å². The third-order valence-electron chi connectivity index (χ3n) is 2.50. The molecule has 2 nitrogen and oxygen atoms in total. The maximum Gasteiger partial charge on any atom is 0.167 e. The first-order valence-electron chi connectivity index (χ1n) is 5.52. The number of para-hydroxylation sites is 1. The van der Waals surface area contributed by atoms with Gasteiger partial charge in [0, 0.05) is 16.9 Å². The van der Waals surface area contributed by atoms with E-state index in [1.807, 2.05) is 48.7 Å². The van der Waals surface area contributed by atoms with Crippen LogP contribution < -0.4 is 4.74 Å². The molecule has 0 N–H and O–H groups in total. The number of carbonyl (C=O) groups excluding carboxylic acids is 1. The van der Waals surface area contributed by atoms with Crippen LogP contribution in [0.15, 0.2) is 41.8 Å². The van der Waals surface area contributed by atoms with Gasteiger partial charge in [-0.1, -0.05) is 18.2 Å². The lowest BCUT2D eigenvalue weighted by molar-refractivity contribution is 0.0962. The molecule has 1 heterocycles. The number of carbonyl (C=O) groups is 1. The Morgan fingerprint density at radius 1 is 1.24 bits per heavy atom. The van der Waals surface area contributed by atoms with Crippen molar-refractivity contribution in [2.75, 3.05) is 6.61 Å². The van der Waals surface area contributed by atoms with Crippen molar-refractivity contribution < 1.29 is 9.53 Å². The Bertz CT molecular complexity index is 488. The number of hydrogen-bond donors (Lipinski definition) is 0. The maximum absolute atomic E-state index is 11.8.